The van der Waals surface area contributed by atoms with E-state index in [2.05, 4.69) is 0 Å². The first kappa shape index (κ1) is 21.4. The zero-order valence-electron chi connectivity index (χ0n) is 17.4. The lowest BCUT2D eigenvalue weighted by molar-refractivity contribution is 0.0732. The second-order valence-corrected chi connectivity index (χ2v) is 8.85. The molecule has 5 nitrogen and oxygen atoms in total. The van der Waals surface area contributed by atoms with Crippen LogP contribution in [-0.2, 0) is 13.0 Å². The van der Waals surface area contributed by atoms with Crippen molar-refractivity contribution in [3.63, 3.8) is 0 Å². The lowest BCUT2D eigenvalue weighted by atomic mass is 10.1. The van der Waals surface area contributed by atoms with Gasteiger partial charge in [0.15, 0.2) is 4.96 Å². The van der Waals surface area contributed by atoms with Crippen LogP contribution in [-0.4, -0.2) is 26.7 Å². The molecule has 0 saturated heterocycles. The minimum atomic E-state index is -0.438. The third-order valence-electron chi connectivity index (χ3n) is 5.35. The molecule has 0 unspecified atom stereocenters. The van der Waals surface area contributed by atoms with Gasteiger partial charge in [0.2, 0.25) is 0 Å². The van der Waals surface area contributed by atoms with Crippen LogP contribution in [0.5, 0.6) is 0 Å². The first-order valence-electron chi connectivity index (χ1n) is 10.4. The van der Waals surface area contributed by atoms with Gasteiger partial charge in [0.1, 0.15) is 11.6 Å². The maximum atomic E-state index is 13.7. The number of thiazole rings is 1. The van der Waals surface area contributed by atoms with Gasteiger partial charge in [-0.2, -0.15) is 0 Å². The normalized spacial score (nSPS) is 11.2. The fourth-order valence-electron chi connectivity index (χ4n) is 3.67. The van der Waals surface area contributed by atoms with Crippen molar-refractivity contribution in [1.29, 1.82) is 0 Å². The fourth-order valence-corrected chi connectivity index (χ4v) is 4.70. The van der Waals surface area contributed by atoms with Crippen molar-refractivity contribution >= 4 is 33.8 Å². The molecule has 0 aliphatic carbocycles. The Morgan fingerprint density at radius 1 is 1.15 bits per heavy atom. The van der Waals surface area contributed by atoms with E-state index in [9.17, 15) is 9.18 Å². The highest BCUT2D eigenvalue weighted by atomic mass is 35.5. The maximum absolute atomic E-state index is 13.7. The zero-order chi connectivity index (χ0) is 22.8. The second-order valence-electron chi connectivity index (χ2n) is 7.58. The molecule has 3 aromatic heterocycles. The molecule has 0 saturated carbocycles. The molecule has 5 aromatic rings. The Bertz CT molecular complexity index is 1390. The molecule has 3 heterocycles. The van der Waals surface area contributed by atoms with Crippen molar-refractivity contribution in [2.45, 2.75) is 13.0 Å². The van der Waals surface area contributed by atoms with Crippen molar-refractivity contribution in [2.24, 2.45) is 0 Å². The molecule has 0 radical (unpaired) electrons. The van der Waals surface area contributed by atoms with Gasteiger partial charge in [0.25, 0.3) is 5.91 Å². The minimum absolute atomic E-state index is 0.246. The quantitative estimate of drug-likeness (QED) is 0.274. The Labute approximate surface area is 198 Å². The zero-order valence-corrected chi connectivity index (χ0v) is 19.0. The number of aromatic nitrogens is 2. The Balaban J connectivity index is 1.38. The number of rotatable bonds is 7. The van der Waals surface area contributed by atoms with Crippen molar-refractivity contribution in [3.05, 3.63) is 106 Å². The number of carbonyl (C=O) groups excluding carboxylic acids is 1. The molecule has 0 N–H and O–H groups in total. The molecule has 0 fully saturated rings. The molecule has 0 aliphatic heterocycles. The number of carbonyl (C=O) groups is 1. The number of furan rings is 1. The minimum Gasteiger partial charge on any atom is -0.467 e. The summed E-state index contributed by atoms with van der Waals surface area (Å²) >= 11 is 7.55. The first-order valence-corrected chi connectivity index (χ1v) is 11.6. The number of halogens is 2. The lowest BCUT2D eigenvalue weighted by Crippen LogP contribution is -2.32. The van der Waals surface area contributed by atoms with Crippen LogP contribution in [0.2, 0.25) is 5.02 Å². The number of nitrogens with zero attached hydrogens (tertiary/aromatic N) is 3. The molecule has 0 bridgehead atoms. The van der Waals surface area contributed by atoms with E-state index in [1.165, 1.54) is 12.1 Å². The van der Waals surface area contributed by atoms with Gasteiger partial charge in [0.05, 0.1) is 18.5 Å². The Morgan fingerprint density at radius 2 is 2.00 bits per heavy atom. The summed E-state index contributed by atoms with van der Waals surface area (Å²) in [5, 5.41) is 2.73. The monoisotopic (exact) mass is 479 g/mol. The third-order valence-corrected chi connectivity index (χ3v) is 6.49. The SMILES string of the molecule is O=C(c1cccc(F)c1)N(CCc1csc2nc(-c3ccc(Cl)cc3)cn12)Cc1ccco1. The highest BCUT2D eigenvalue weighted by molar-refractivity contribution is 7.15. The van der Waals surface area contributed by atoms with E-state index < -0.39 is 5.82 Å². The summed E-state index contributed by atoms with van der Waals surface area (Å²) < 4.78 is 21.2. The summed E-state index contributed by atoms with van der Waals surface area (Å²) in [6.45, 7) is 0.742. The number of amides is 1. The van der Waals surface area contributed by atoms with Crippen molar-refractivity contribution in [3.8, 4) is 11.3 Å². The van der Waals surface area contributed by atoms with E-state index in [1.54, 1.807) is 40.7 Å². The number of benzene rings is 2. The Hall–Kier alpha value is -3.42. The molecule has 0 atom stereocenters. The van der Waals surface area contributed by atoms with Crippen LogP contribution in [0.1, 0.15) is 21.8 Å². The molecular formula is C25H19ClFN3O2S. The number of hydrogen-bond donors (Lipinski definition) is 0. The summed E-state index contributed by atoms with van der Waals surface area (Å²) in [7, 11) is 0. The van der Waals surface area contributed by atoms with E-state index in [1.807, 2.05) is 46.3 Å². The van der Waals surface area contributed by atoms with Gasteiger partial charge in [-0.05, 0) is 42.5 Å². The smallest absolute Gasteiger partial charge is 0.254 e. The molecule has 0 spiro atoms. The largest absolute Gasteiger partial charge is 0.467 e. The average Bonchev–Trinajstić information content (AvgIpc) is 3.55. The van der Waals surface area contributed by atoms with Crippen LogP contribution in [0.3, 0.4) is 0 Å². The molecule has 5 rings (SSSR count). The highest BCUT2D eigenvalue weighted by Crippen LogP contribution is 2.25. The van der Waals surface area contributed by atoms with E-state index in [0.717, 1.165) is 21.9 Å². The topological polar surface area (TPSA) is 50.8 Å². The average molecular weight is 480 g/mol. The second kappa shape index (κ2) is 9.21. The maximum Gasteiger partial charge on any atom is 0.254 e. The third kappa shape index (κ3) is 4.69. The van der Waals surface area contributed by atoms with Crippen molar-refractivity contribution in [1.82, 2.24) is 14.3 Å². The summed E-state index contributed by atoms with van der Waals surface area (Å²) in [5.41, 5.74) is 3.20. The van der Waals surface area contributed by atoms with Crippen LogP contribution in [0.15, 0.2) is 82.9 Å². The predicted octanol–water partition coefficient (Wildman–Crippen LogP) is 6.33. The molecule has 8 heteroatoms. The van der Waals surface area contributed by atoms with Gasteiger partial charge in [-0.25, -0.2) is 9.37 Å². The number of hydrogen-bond acceptors (Lipinski definition) is 4. The summed E-state index contributed by atoms with van der Waals surface area (Å²) in [6, 6.07) is 16.9. The van der Waals surface area contributed by atoms with Crippen LogP contribution in [0, 0.1) is 5.82 Å². The number of imidazole rings is 1. The Morgan fingerprint density at radius 3 is 2.76 bits per heavy atom. The van der Waals surface area contributed by atoms with E-state index in [-0.39, 0.29) is 5.91 Å². The van der Waals surface area contributed by atoms with Gasteiger partial charge in [-0.15, -0.1) is 11.3 Å². The van der Waals surface area contributed by atoms with Crippen molar-refractivity contribution < 1.29 is 13.6 Å². The van der Waals surface area contributed by atoms with Gasteiger partial charge in [-0.1, -0.05) is 29.8 Å². The summed E-state index contributed by atoms with van der Waals surface area (Å²) in [6.07, 6.45) is 4.18. The first-order chi connectivity index (χ1) is 16.1. The lowest BCUT2D eigenvalue weighted by Gasteiger charge is -2.22. The van der Waals surface area contributed by atoms with Crippen LogP contribution < -0.4 is 0 Å². The van der Waals surface area contributed by atoms with Gasteiger partial charge >= 0.3 is 0 Å². The fraction of sp³-hybridized carbons (Fsp3) is 0.120. The molecule has 0 aliphatic rings. The number of fused-ring (bicyclic) bond motifs is 1. The molecule has 33 heavy (non-hydrogen) atoms. The predicted molar refractivity (Wildman–Crippen MR) is 127 cm³/mol. The van der Waals surface area contributed by atoms with Gasteiger partial charge in [-0.3, -0.25) is 9.20 Å². The van der Waals surface area contributed by atoms with Gasteiger partial charge in [0, 0.05) is 46.4 Å². The van der Waals surface area contributed by atoms with E-state index >= 15 is 0 Å². The standard InChI is InChI=1S/C25H19ClFN3O2S/c26-19-8-6-17(7-9-19)23-15-30-21(16-33-25(30)28-23)10-11-29(14-22-5-2-12-32-22)24(31)18-3-1-4-20(27)13-18/h1-9,12-13,15-16H,10-11,14H2. The molecule has 1 amide bonds. The van der Waals surface area contributed by atoms with Crippen molar-refractivity contribution in [2.75, 3.05) is 6.54 Å². The van der Waals surface area contributed by atoms with Crippen LogP contribution in [0.25, 0.3) is 16.2 Å². The van der Waals surface area contributed by atoms with Crippen LogP contribution in [0.4, 0.5) is 4.39 Å². The molecule has 2 aromatic carbocycles. The highest BCUT2D eigenvalue weighted by Gasteiger charge is 2.19. The van der Waals surface area contributed by atoms with Crippen LogP contribution >= 0.6 is 22.9 Å². The van der Waals surface area contributed by atoms with E-state index in [4.69, 9.17) is 21.0 Å². The summed E-state index contributed by atoms with van der Waals surface area (Å²) in [4.78, 5) is 20.4. The Kier molecular flexibility index (Phi) is 5.98. The molecular weight excluding hydrogens is 461 g/mol. The summed E-state index contributed by atoms with van der Waals surface area (Å²) in [5.74, 6) is -0.0146. The van der Waals surface area contributed by atoms with E-state index in [0.29, 0.717) is 35.9 Å². The van der Waals surface area contributed by atoms with Gasteiger partial charge < -0.3 is 9.32 Å². The molecule has 166 valence electrons.